The van der Waals surface area contributed by atoms with E-state index in [0.29, 0.717) is 0 Å². The molecule has 2 rings (SSSR count). The van der Waals surface area contributed by atoms with Gasteiger partial charge in [-0.25, -0.2) is 4.98 Å². The fraction of sp³-hybridized carbons (Fsp3) is 0.667. The monoisotopic (exact) mass is 205 g/mol. The van der Waals surface area contributed by atoms with Crippen molar-refractivity contribution in [1.82, 2.24) is 9.97 Å². The summed E-state index contributed by atoms with van der Waals surface area (Å²) in [5.74, 6) is 1.69. The highest BCUT2D eigenvalue weighted by Gasteiger charge is 2.37. The minimum Gasteiger partial charge on any atom is -0.364 e. The predicted octanol–water partition coefficient (Wildman–Crippen LogP) is 2.69. The first-order chi connectivity index (χ1) is 6.99. The van der Waals surface area contributed by atoms with E-state index in [9.17, 15) is 0 Å². The summed E-state index contributed by atoms with van der Waals surface area (Å²) >= 11 is 0. The van der Waals surface area contributed by atoms with Crippen LogP contribution >= 0.6 is 0 Å². The van der Waals surface area contributed by atoms with Crippen LogP contribution in [0.25, 0.3) is 0 Å². The number of aryl methyl sites for hydroxylation is 2. The van der Waals surface area contributed by atoms with Gasteiger partial charge in [0.2, 0.25) is 0 Å². The molecule has 82 valence electrons. The zero-order valence-electron chi connectivity index (χ0n) is 9.96. The lowest BCUT2D eigenvalue weighted by molar-refractivity contribution is 0.492. The van der Waals surface area contributed by atoms with Gasteiger partial charge in [-0.3, -0.25) is 4.98 Å². The fourth-order valence-corrected chi connectivity index (χ4v) is 1.84. The molecule has 0 unspecified atom stereocenters. The Kier molecular flexibility index (Phi) is 2.41. The van der Waals surface area contributed by atoms with Gasteiger partial charge in [0.05, 0.1) is 17.6 Å². The van der Waals surface area contributed by atoms with Gasteiger partial charge in [-0.05, 0) is 46.5 Å². The van der Waals surface area contributed by atoms with Crippen LogP contribution in [0.5, 0.6) is 0 Å². The summed E-state index contributed by atoms with van der Waals surface area (Å²) in [5, 5.41) is 3.47. The molecule has 0 radical (unpaired) electrons. The van der Waals surface area contributed by atoms with Gasteiger partial charge in [-0.2, -0.15) is 0 Å². The normalized spacial score (nSPS) is 16.5. The Labute approximate surface area is 91.3 Å². The van der Waals surface area contributed by atoms with Crippen molar-refractivity contribution in [3.05, 3.63) is 17.6 Å². The summed E-state index contributed by atoms with van der Waals surface area (Å²) in [5.41, 5.74) is 2.16. The maximum atomic E-state index is 4.49. The van der Waals surface area contributed by atoms with Gasteiger partial charge in [0.25, 0.3) is 0 Å². The maximum Gasteiger partial charge on any atom is 0.145 e. The highest BCUT2D eigenvalue weighted by Crippen LogP contribution is 2.40. The molecule has 1 aliphatic carbocycles. The van der Waals surface area contributed by atoms with Crippen LogP contribution in [-0.4, -0.2) is 15.5 Å². The molecule has 0 spiro atoms. The molecule has 1 saturated carbocycles. The molecule has 1 N–H and O–H groups in total. The molecule has 1 heterocycles. The number of nitrogens with zero attached hydrogens (tertiary/aromatic N) is 2. The van der Waals surface area contributed by atoms with E-state index < -0.39 is 0 Å². The lowest BCUT2D eigenvalue weighted by Crippen LogP contribution is -2.33. The second kappa shape index (κ2) is 3.47. The van der Waals surface area contributed by atoms with E-state index in [-0.39, 0.29) is 5.54 Å². The fourth-order valence-electron chi connectivity index (χ4n) is 1.84. The van der Waals surface area contributed by atoms with Crippen LogP contribution < -0.4 is 5.32 Å². The lowest BCUT2D eigenvalue weighted by atomic mass is 9.99. The molecule has 0 saturated heterocycles. The molecule has 1 aliphatic rings. The van der Waals surface area contributed by atoms with Crippen molar-refractivity contribution in [2.45, 2.75) is 46.1 Å². The first kappa shape index (κ1) is 10.4. The number of anilines is 1. The van der Waals surface area contributed by atoms with Gasteiger partial charge in [0, 0.05) is 5.54 Å². The van der Waals surface area contributed by atoms with E-state index in [4.69, 9.17) is 0 Å². The number of hydrogen-bond donors (Lipinski definition) is 1. The molecular weight excluding hydrogens is 186 g/mol. The Morgan fingerprint density at radius 2 is 1.93 bits per heavy atom. The second-order valence-corrected chi connectivity index (χ2v) is 5.05. The third-order valence-electron chi connectivity index (χ3n) is 3.24. The summed E-state index contributed by atoms with van der Waals surface area (Å²) in [4.78, 5) is 8.81. The van der Waals surface area contributed by atoms with Crippen LogP contribution in [0, 0.1) is 19.8 Å². The zero-order valence-corrected chi connectivity index (χ0v) is 9.96. The topological polar surface area (TPSA) is 37.8 Å². The third-order valence-corrected chi connectivity index (χ3v) is 3.24. The Morgan fingerprint density at radius 3 is 2.47 bits per heavy atom. The summed E-state index contributed by atoms with van der Waals surface area (Å²) < 4.78 is 0. The zero-order chi connectivity index (χ0) is 11.1. The molecule has 0 atom stereocenters. The van der Waals surface area contributed by atoms with Gasteiger partial charge in [-0.15, -0.1) is 0 Å². The third kappa shape index (κ3) is 2.28. The Morgan fingerprint density at radius 1 is 1.27 bits per heavy atom. The van der Waals surface area contributed by atoms with E-state index in [0.717, 1.165) is 23.1 Å². The molecule has 3 heteroatoms. The minimum absolute atomic E-state index is 0.149. The number of nitrogens with one attached hydrogen (secondary N) is 1. The van der Waals surface area contributed by atoms with Gasteiger partial charge < -0.3 is 5.32 Å². The van der Waals surface area contributed by atoms with Crippen molar-refractivity contribution in [1.29, 1.82) is 0 Å². The standard InChI is InChI=1S/C12H19N3/c1-8-9(2)14-11(7-13-8)15-12(3,4)10-5-6-10/h7,10H,5-6H2,1-4H3,(H,14,15). The maximum absolute atomic E-state index is 4.49. The number of rotatable bonds is 3. The van der Waals surface area contributed by atoms with Gasteiger partial charge in [0.15, 0.2) is 0 Å². The van der Waals surface area contributed by atoms with Crippen LogP contribution in [0.1, 0.15) is 38.1 Å². The SMILES string of the molecule is Cc1ncc(NC(C)(C)C2CC2)nc1C. The van der Waals surface area contributed by atoms with E-state index >= 15 is 0 Å². The lowest BCUT2D eigenvalue weighted by Gasteiger charge is -2.26. The van der Waals surface area contributed by atoms with Gasteiger partial charge in [0.1, 0.15) is 5.82 Å². The van der Waals surface area contributed by atoms with Crippen molar-refractivity contribution in [2.24, 2.45) is 5.92 Å². The molecule has 0 aromatic carbocycles. The summed E-state index contributed by atoms with van der Waals surface area (Å²) in [6.07, 6.45) is 4.49. The van der Waals surface area contributed by atoms with Crippen LogP contribution in [0.3, 0.4) is 0 Å². The average Bonchev–Trinajstić information content (AvgIpc) is 2.93. The number of hydrogen-bond acceptors (Lipinski definition) is 3. The first-order valence-corrected chi connectivity index (χ1v) is 5.57. The summed E-state index contributed by atoms with van der Waals surface area (Å²) in [6.45, 7) is 8.46. The smallest absolute Gasteiger partial charge is 0.145 e. The molecule has 1 aromatic heterocycles. The van der Waals surface area contributed by atoms with E-state index in [1.807, 2.05) is 20.0 Å². The van der Waals surface area contributed by atoms with Crippen molar-refractivity contribution in [3.8, 4) is 0 Å². The van der Waals surface area contributed by atoms with Crippen molar-refractivity contribution >= 4 is 5.82 Å². The van der Waals surface area contributed by atoms with Crippen LogP contribution in [-0.2, 0) is 0 Å². The minimum atomic E-state index is 0.149. The largest absolute Gasteiger partial charge is 0.364 e. The van der Waals surface area contributed by atoms with Crippen LogP contribution in [0.15, 0.2) is 6.20 Å². The Hall–Kier alpha value is -1.12. The highest BCUT2D eigenvalue weighted by molar-refractivity contribution is 5.37. The van der Waals surface area contributed by atoms with Crippen LogP contribution in [0.4, 0.5) is 5.82 Å². The average molecular weight is 205 g/mol. The van der Waals surface area contributed by atoms with Crippen molar-refractivity contribution in [2.75, 3.05) is 5.32 Å². The van der Waals surface area contributed by atoms with Gasteiger partial charge in [-0.1, -0.05) is 0 Å². The Bertz CT molecular complexity index is 367. The number of aromatic nitrogens is 2. The quantitative estimate of drug-likeness (QED) is 0.824. The predicted molar refractivity (Wildman–Crippen MR) is 61.9 cm³/mol. The molecule has 15 heavy (non-hydrogen) atoms. The van der Waals surface area contributed by atoms with Crippen molar-refractivity contribution < 1.29 is 0 Å². The molecule has 0 aliphatic heterocycles. The highest BCUT2D eigenvalue weighted by atomic mass is 15.1. The first-order valence-electron chi connectivity index (χ1n) is 5.57. The van der Waals surface area contributed by atoms with E-state index in [2.05, 4.69) is 29.1 Å². The second-order valence-electron chi connectivity index (χ2n) is 5.05. The molecule has 1 fully saturated rings. The van der Waals surface area contributed by atoms with Gasteiger partial charge >= 0.3 is 0 Å². The molecule has 3 nitrogen and oxygen atoms in total. The van der Waals surface area contributed by atoms with Crippen molar-refractivity contribution in [3.63, 3.8) is 0 Å². The summed E-state index contributed by atoms with van der Waals surface area (Å²) in [6, 6.07) is 0. The molecular formula is C12H19N3. The Balaban J connectivity index is 2.13. The molecule has 0 amide bonds. The molecule has 1 aromatic rings. The summed E-state index contributed by atoms with van der Waals surface area (Å²) in [7, 11) is 0. The van der Waals surface area contributed by atoms with E-state index in [1.54, 1.807) is 0 Å². The molecule has 0 bridgehead atoms. The van der Waals surface area contributed by atoms with Crippen LogP contribution in [0.2, 0.25) is 0 Å². The van der Waals surface area contributed by atoms with E-state index in [1.165, 1.54) is 12.8 Å².